The standard InChI is InChI=1S/C20H23FN2S.C8H15N/c1-5-7-8-17-15(6-2)11-12-20(17)23(4)22-19(24-20)16-13-14(3)9-10-18(16)21;1-2-3-8-4-6-9-7-5-8/h5-7,9-10,13H,2,8,11-12H2,1,3-4H3;2,8-9H,1,3-7H2/b7-5-;. The van der Waals surface area contributed by atoms with Gasteiger partial charge in [0.15, 0.2) is 0 Å². The summed E-state index contributed by atoms with van der Waals surface area (Å²) in [5, 5.41) is 10.8. The second-order valence-electron chi connectivity index (χ2n) is 9.00. The van der Waals surface area contributed by atoms with E-state index in [1.807, 2.05) is 44.1 Å². The first-order valence-electron chi connectivity index (χ1n) is 12.0. The summed E-state index contributed by atoms with van der Waals surface area (Å²) in [6, 6.07) is 5.20. The van der Waals surface area contributed by atoms with Crippen LogP contribution in [-0.4, -0.2) is 35.1 Å². The molecule has 1 unspecified atom stereocenters. The highest BCUT2D eigenvalue weighted by Crippen LogP contribution is 2.53. The highest BCUT2D eigenvalue weighted by molar-refractivity contribution is 8.16. The fourth-order valence-corrected chi connectivity index (χ4v) is 6.27. The van der Waals surface area contributed by atoms with E-state index in [1.54, 1.807) is 17.8 Å². The molecule has 1 aliphatic carbocycles. The molecular formula is C28H38FN3S. The zero-order valence-electron chi connectivity index (χ0n) is 20.4. The molecule has 1 spiro atoms. The smallest absolute Gasteiger partial charge is 0.133 e. The van der Waals surface area contributed by atoms with E-state index in [2.05, 4.69) is 30.6 Å². The predicted molar refractivity (Wildman–Crippen MR) is 142 cm³/mol. The van der Waals surface area contributed by atoms with Crippen LogP contribution in [0.4, 0.5) is 4.39 Å². The van der Waals surface area contributed by atoms with Crippen LogP contribution < -0.4 is 5.32 Å². The van der Waals surface area contributed by atoms with Gasteiger partial charge in [-0.05, 0) is 94.7 Å². The number of halogens is 1. The van der Waals surface area contributed by atoms with Crippen LogP contribution in [0.2, 0.25) is 0 Å². The van der Waals surface area contributed by atoms with Gasteiger partial charge in [-0.2, -0.15) is 5.10 Å². The quantitative estimate of drug-likeness (QED) is 0.458. The number of benzene rings is 1. The number of nitrogens with zero attached hydrogens (tertiary/aromatic N) is 2. The molecule has 4 rings (SSSR count). The van der Waals surface area contributed by atoms with Crippen molar-refractivity contribution in [3.8, 4) is 0 Å². The molecule has 33 heavy (non-hydrogen) atoms. The average molecular weight is 468 g/mol. The van der Waals surface area contributed by atoms with Crippen LogP contribution in [0.25, 0.3) is 0 Å². The summed E-state index contributed by atoms with van der Waals surface area (Å²) in [6.07, 6.45) is 15.0. The zero-order chi connectivity index (χ0) is 23.8. The Morgan fingerprint density at radius 3 is 2.73 bits per heavy atom. The van der Waals surface area contributed by atoms with Crippen LogP contribution in [0.1, 0.15) is 56.6 Å². The molecule has 1 aromatic rings. The van der Waals surface area contributed by atoms with Crippen molar-refractivity contribution >= 4 is 16.8 Å². The van der Waals surface area contributed by atoms with Gasteiger partial charge in [0.05, 0.1) is 0 Å². The number of aryl methyl sites for hydroxylation is 1. The minimum absolute atomic E-state index is 0.210. The van der Waals surface area contributed by atoms with Crippen molar-refractivity contribution in [3.05, 3.63) is 83.8 Å². The van der Waals surface area contributed by atoms with Crippen LogP contribution in [0, 0.1) is 18.7 Å². The third-order valence-electron chi connectivity index (χ3n) is 6.74. The molecule has 1 saturated heterocycles. The number of allylic oxidation sites excluding steroid dienone is 5. The van der Waals surface area contributed by atoms with Crippen molar-refractivity contribution in [1.29, 1.82) is 0 Å². The summed E-state index contributed by atoms with van der Waals surface area (Å²) in [5.41, 5.74) is 4.28. The molecule has 3 aliphatic rings. The van der Waals surface area contributed by atoms with Crippen LogP contribution in [0.15, 0.2) is 71.9 Å². The largest absolute Gasteiger partial charge is 0.317 e. The number of likely N-dealkylation sites (N-methyl/N-ethyl adjacent to an activating group) is 1. The van der Waals surface area contributed by atoms with Crippen LogP contribution in [0.5, 0.6) is 0 Å². The van der Waals surface area contributed by atoms with E-state index < -0.39 is 0 Å². The summed E-state index contributed by atoms with van der Waals surface area (Å²) in [7, 11) is 2.00. The third kappa shape index (κ3) is 5.88. The molecule has 1 N–H and O–H groups in total. The monoisotopic (exact) mass is 467 g/mol. The van der Waals surface area contributed by atoms with E-state index in [1.165, 1.54) is 49.6 Å². The summed E-state index contributed by atoms with van der Waals surface area (Å²) < 4.78 is 14.3. The molecule has 0 amide bonds. The molecular weight excluding hydrogens is 429 g/mol. The maximum Gasteiger partial charge on any atom is 0.133 e. The van der Waals surface area contributed by atoms with Gasteiger partial charge < -0.3 is 5.32 Å². The van der Waals surface area contributed by atoms with Crippen molar-refractivity contribution in [1.82, 2.24) is 10.3 Å². The number of hydrogen-bond donors (Lipinski definition) is 1. The minimum atomic E-state index is -0.214. The maximum absolute atomic E-state index is 14.3. The Hall–Kier alpha value is -2.11. The maximum atomic E-state index is 14.3. The number of thioether (sulfide) groups is 1. The van der Waals surface area contributed by atoms with Gasteiger partial charge in [0.1, 0.15) is 15.7 Å². The lowest BCUT2D eigenvalue weighted by Gasteiger charge is -2.33. The minimum Gasteiger partial charge on any atom is -0.317 e. The topological polar surface area (TPSA) is 27.6 Å². The Labute approximate surface area is 203 Å². The van der Waals surface area contributed by atoms with Crippen molar-refractivity contribution in [2.45, 2.75) is 57.2 Å². The summed E-state index contributed by atoms with van der Waals surface area (Å²) in [5.74, 6) is 0.710. The second kappa shape index (κ2) is 11.8. The lowest BCUT2D eigenvalue weighted by Crippen LogP contribution is -2.37. The van der Waals surface area contributed by atoms with Crippen molar-refractivity contribution in [2.75, 3.05) is 20.1 Å². The summed E-state index contributed by atoms with van der Waals surface area (Å²) in [6.45, 7) is 14.1. The van der Waals surface area contributed by atoms with E-state index in [9.17, 15) is 4.39 Å². The third-order valence-corrected chi connectivity index (χ3v) is 8.28. The highest BCUT2D eigenvalue weighted by atomic mass is 32.2. The first kappa shape index (κ1) is 25.5. The van der Waals surface area contributed by atoms with Gasteiger partial charge in [0.25, 0.3) is 0 Å². The zero-order valence-corrected chi connectivity index (χ0v) is 21.2. The molecule has 0 saturated carbocycles. The molecule has 1 atom stereocenters. The summed E-state index contributed by atoms with van der Waals surface area (Å²) in [4.78, 5) is -0.214. The average Bonchev–Trinajstić information content (AvgIpc) is 3.35. The van der Waals surface area contributed by atoms with E-state index >= 15 is 0 Å². The Bertz CT molecular complexity index is 942. The number of piperidine rings is 1. The first-order chi connectivity index (χ1) is 15.9. The molecule has 0 bridgehead atoms. The fraction of sp³-hybridized carbons (Fsp3) is 0.464. The molecule has 5 heteroatoms. The molecule has 0 radical (unpaired) electrons. The summed E-state index contributed by atoms with van der Waals surface area (Å²) >= 11 is 1.68. The van der Waals surface area contributed by atoms with Crippen molar-refractivity contribution < 1.29 is 4.39 Å². The van der Waals surface area contributed by atoms with Gasteiger partial charge in [0, 0.05) is 12.6 Å². The van der Waals surface area contributed by atoms with Gasteiger partial charge in [-0.3, -0.25) is 5.01 Å². The van der Waals surface area contributed by atoms with Gasteiger partial charge >= 0.3 is 0 Å². The van der Waals surface area contributed by atoms with Gasteiger partial charge in [-0.25, -0.2) is 4.39 Å². The lowest BCUT2D eigenvalue weighted by atomic mass is 9.95. The Morgan fingerprint density at radius 2 is 2.06 bits per heavy atom. The Balaban J connectivity index is 0.000000286. The van der Waals surface area contributed by atoms with Gasteiger partial charge in [-0.15, -0.1) is 6.58 Å². The number of nitrogens with one attached hydrogen (secondary N) is 1. The van der Waals surface area contributed by atoms with Gasteiger partial charge in [0.2, 0.25) is 0 Å². The molecule has 178 valence electrons. The second-order valence-corrected chi connectivity index (χ2v) is 10.3. The molecule has 0 aromatic heterocycles. The molecule has 2 heterocycles. The predicted octanol–water partition coefficient (Wildman–Crippen LogP) is 6.98. The first-order valence-corrected chi connectivity index (χ1v) is 12.8. The Kier molecular flexibility index (Phi) is 9.16. The van der Waals surface area contributed by atoms with Gasteiger partial charge in [-0.1, -0.05) is 54.3 Å². The number of hydrazone groups is 1. The van der Waals surface area contributed by atoms with Crippen molar-refractivity contribution in [2.24, 2.45) is 11.0 Å². The number of hydrogen-bond acceptors (Lipinski definition) is 4. The Morgan fingerprint density at radius 1 is 1.30 bits per heavy atom. The SMILES string of the molecule is C=CC1=C(C/C=C\C)C2(CC1)SC(c1cc(C)ccc1F)=NN2C.C=CCC1CCNCC1. The molecule has 1 fully saturated rings. The number of rotatable bonds is 6. The van der Waals surface area contributed by atoms with Crippen LogP contribution >= 0.6 is 11.8 Å². The van der Waals surface area contributed by atoms with Crippen LogP contribution in [-0.2, 0) is 0 Å². The van der Waals surface area contributed by atoms with E-state index in [0.717, 1.165) is 35.8 Å². The molecule has 2 aliphatic heterocycles. The fourth-order valence-electron chi connectivity index (χ4n) is 4.81. The van der Waals surface area contributed by atoms with Crippen molar-refractivity contribution in [3.63, 3.8) is 0 Å². The molecule has 1 aromatic carbocycles. The van der Waals surface area contributed by atoms with Crippen LogP contribution in [0.3, 0.4) is 0 Å². The van der Waals surface area contributed by atoms with E-state index in [4.69, 9.17) is 5.10 Å². The van der Waals surface area contributed by atoms with E-state index in [-0.39, 0.29) is 10.7 Å². The highest BCUT2D eigenvalue weighted by Gasteiger charge is 2.48. The van der Waals surface area contributed by atoms with E-state index in [0.29, 0.717) is 5.56 Å². The normalized spacial score (nSPS) is 23.2. The lowest BCUT2D eigenvalue weighted by molar-refractivity contribution is 0.259. The molecule has 3 nitrogen and oxygen atoms in total.